The van der Waals surface area contributed by atoms with Crippen LogP contribution in [0.15, 0.2) is 24.3 Å². The molecule has 0 saturated carbocycles. The van der Waals surface area contributed by atoms with Crippen LogP contribution < -0.4 is 5.32 Å². The normalized spacial score (nSPS) is 18.4. The Bertz CT molecular complexity index is 790. The summed E-state index contributed by atoms with van der Waals surface area (Å²) in [6, 6.07) is 7.24. The minimum absolute atomic E-state index is 0.0308. The van der Waals surface area contributed by atoms with Crippen molar-refractivity contribution in [2.45, 2.75) is 33.2 Å². The van der Waals surface area contributed by atoms with Crippen LogP contribution in [0, 0.1) is 12.8 Å². The van der Waals surface area contributed by atoms with Crippen molar-refractivity contribution in [3.8, 4) is 0 Å². The Hall–Kier alpha value is -1.93. The molecule has 0 bridgehead atoms. The summed E-state index contributed by atoms with van der Waals surface area (Å²) in [5, 5.41) is 2.82. The Kier molecular flexibility index (Phi) is 7.60. The second kappa shape index (κ2) is 9.52. The first-order chi connectivity index (χ1) is 13.1. The molecule has 2 amide bonds. The van der Waals surface area contributed by atoms with Gasteiger partial charge in [-0.3, -0.25) is 14.5 Å². The molecule has 0 unspecified atom stereocenters. The highest BCUT2D eigenvalue weighted by molar-refractivity contribution is 7.91. The summed E-state index contributed by atoms with van der Waals surface area (Å²) in [5.41, 5.74) is 1.83. The van der Waals surface area contributed by atoms with Crippen molar-refractivity contribution in [1.29, 1.82) is 0 Å². The van der Waals surface area contributed by atoms with E-state index < -0.39 is 9.84 Å². The topological polar surface area (TPSA) is 86.8 Å². The van der Waals surface area contributed by atoms with Gasteiger partial charge in [0.25, 0.3) is 0 Å². The van der Waals surface area contributed by atoms with Gasteiger partial charge < -0.3 is 10.2 Å². The number of hydrogen-bond acceptors (Lipinski definition) is 5. The van der Waals surface area contributed by atoms with Crippen molar-refractivity contribution in [1.82, 2.24) is 9.80 Å². The van der Waals surface area contributed by atoms with Crippen LogP contribution in [0.2, 0.25) is 0 Å². The summed E-state index contributed by atoms with van der Waals surface area (Å²) in [5.74, 6) is 0.0686. The number of anilines is 1. The molecule has 2 rings (SSSR count). The van der Waals surface area contributed by atoms with E-state index in [0.717, 1.165) is 5.56 Å². The smallest absolute Gasteiger partial charge is 0.238 e. The number of benzene rings is 1. The lowest BCUT2D eigenvalue weighted by Gasteiger charge is -2.31. The number of nitrogens with one attached hydrogen (secondary N) is 1. The van der Waals surface area contributed by atoms with E-state index in [9.17, 15) is 18.0 Å². The average molecular weight is 410 g/mol. The van der Waals surface area contributed by atoms with E-state index in [1.807, 2.05) is 45.0 Å². The highest BCUT2D eigenvalue weighted by Crippen LogP contribution is 2.19. The van der Waals surface area contributed by atoms with Crippen LogP contribution in [0.25, 0.3) is 0 Å². The van der Waals surface area contributed by atoms with Gasteiger partial charge in [0.2, 0.25) is 11.8 Å². The van der Waals surface area contributed by atoms with E-state index in [-0.39, 0.29) is 48.4 Å². The fourth-order valence-corrected chi connectivity index (χ4v) is 5.06. The molecule has 8 heteroatoms. The molecule has 0 aromatic heterocycles. The number of amides is 2. The minimum atomic E-state index is -3.07. The molecule has 1 atom stereocenters. The number of rotatable bonds is 8. The van der Waals surface area contributed by atoms with Crippen molar-refractivity contribution in [2.75, 3.05) is 43.5 Å². The number of sulfone groups is 1. The monoisotopic (exact) mass is 409 g/mol. The number of nitrogens with zero attached hydrogens (tertiary/aromatic N) is 2. The Labute approximate surface area is 168 Å². The third kappa shape index (κ3) is 6.91. The third-order valence-corrected chi connectivity index (χ3v) is 6.44. The van der Waals surface area contributed by atoms with E-state index in [0.29, 0.717) is 18.7 Å². The van der Waals surface area contributed by atoms with Crippen LogP contribution in [0.5, 0.6) is 0 Å². The van der Waals surface area contributed by atoms with E-state index >= 15 is 0 Å². The maximum absolute atomic E-state index is 12.8. The van der Waals surface area contributed by atoms with Crippen LogP contribution >= 0.6 is 0 Å². The number of aryl methyl sites for hydroxylation is 1. The van der Waals surface area contributed by atoms with Gasteiger partial charge in [-0.05, 0) is 38.4 Å². The van der Waals surface area contributed by atoms with Gasteiger partial charge in [-0.2, -0.15) is 0 Å². The molecular weight excluding hydrogens is 378 g/mol. The van der Waals surface area contributed by atoms with Gasteiger partial charge in [0.1, 0.15) is 0 Å². The van der Waals surface area contributed by atoms with Crippen molar-refractivity contribution in [3.63, 3.8) is 0 Å². The van der Waals surface area contributed by atoms with Gasteiger partial charge in [-0.1, -0.05) is 31.5 Å². The van der Waals surface area contributed by atoms with Crippen LogP contribution in [0.4, 0.5) is 5.69 Å². The van der Waals surface area contributed by atoms with Crippen LogP contribution in [-0.4, -0.2) is 74.3 Å². The molecule has 1 saturated heterocycles. The standard InChI is InChI=1S/C20H31N3O4S/c1-15(2)11-23(18-9-10-28(26,27)14-18)20(25)13-22(4)12-19(24)21-17-7-5-16(3)6-8-17/h5-8,15,18H,9-14H2,1-4H3,(H,21,24)/t18-/m1/s1. The fourth-order valence-electron chi connectivity index (χ4n) is 3.33. The summed E-state index contributed by atoms with van der Waals surface area (Å²) in [7, 11) is -1.35. The molecule has 156 valence electrons. The zero-order chi connectivity index (χ0) is 20.9. The molecular formula is C20H31N3O4S. The molecule has 0 spiro atoms. The molecule has 0 radical (unpaired) electrons. The number of hydrogen-bond donors (Lipinski definition) is 1. The fraction of sp³-hybridized carbons (Fsp3) is 0.600. The van der Waals surface area contributed by atoms with Crippen molar-refractivity contribution in [2.24, 2.45) is 5.92 Å². The Morgan fingerprint density at radius 1 is 1.18 bits per heavy atom. The average Bonchev–Trinajstić information content (AvgIpc) is 2.94. The molecule has 1 aliphatic rings. The lowest BCUT2D eigenvalue weighted by atomic mass is 10.1. The van der Waals surface area contributed by atoms with Gasteiger partial charge in [-0.15, -0.1) is 0 Å². The maximum atomic E-state index is 12.8. The Balaban J connectivity index is 1.92. The van der Waals surface area contributed by atoms with Gasteiger partial charge in [0.05, 0.1) is 24.6 Å². The Morgan fingerprint density at radius 3 is 2.36 bits per heavy atom. The van der Waals surface area contributed by atoms with Crippen LogP contribution in [0.1, 0.15) is 25.8 Å². The number of carbonyl (C=O) groups is 2. The van der Waals surface area contributed by atoms with E-state index in [2.05, 4.69) is 5.32 Å². The van der Waals surface area contributed by atoms with Crippen molar-refractivity contribution < 1.29 is 18.0 Å². The SMILES string of the molecule is Cc1ccc(NC(=O)CN(C)CC(=O)N(CC(C)C)[C@@H]2CCS(=O)(=O)C2)cc1. The first-order valence-electron chi connectivity index (χ1n) is 9.60. The largest absolute Gasteiger partial charge is 0.337 e. The van der Waals surface area contributed by atoms with Crippen molar-refractivity contribution in [3.05, 3.63) is 29.8 Å². The van der Waals surface area contributed by atoms with Gasteiger partial charge in [-0.25, -0.2) is 8.42 Å². The first kappa shape index (κ1) is 22.4. The van der Waals surface area contributed by atoms with E-state index in [1.54, 1.807) is 16.8 Å². The molecule has 1 N–H and O–H groups in total. The van der Waals surface area contributed by atoms with Gasteiger partial charge in [0, 0.05) is 18.3 Å². The zero-order valence-electron chi connectivity index (χ0n) is 17.1. The molecule has 1 aromatic rings. The quantitative estimate of drug-likeness (QED) is 0.704. The summed E-state index contributed by atoms with van der Waals surface area (Å²) >= 11 is 0. The second-order valence-corrected chi connectivity index (χ2v) is 10.3. The first-order valence-corrected chi connectivity index (χ1v) is 11.4. The lowest BCUT2D eigenvalue weighted by molar-refractivity contribution is -0.134. The molecule has 1 aliphatic heterocycles. The lowest BCUT2D eigenvalue weighted by Crippen LogP contribution is -2.48. The van der Waals surface area contributed by atoms with Gasteiger partial charge >= 0.3 is 0 Å². The predicted molar refractivity (Wildman–Crippen MR) is 111 cm³/mol. The number of likely N-dealkylation sites (N-methyl/N-ethyl adjacent to an activating group) is 1. The van der Waals surface area contributed by atoms with E-state index in [1.165, 1.54) is 0 Å². The highest BCUT2D eigenvalue weighted by Gasteiger charge is 2.35. The molecule has 0 aliphatic carbocycles. The van der Waals surface area contributed by atoms with Crippen LogP contribution in [-0.2, 0) is 19.4 Å². The Morgan fingerprint density at radius 2 is 1.82 bits per heavy atom. The summed E-state index contributed by atoms with van der Waals surface area (Å²) in [6.45, 7) is 6.65. The molecule has 1 heterocycles. The predicted octanol–water partition coefficient (Wildman–Crippen LogP) is 1.54. The van der Waals surface area contributed by atoms with E-state index in [4.69, 9.17) is 0 Å². The minimum Gasteiger partial charge on any atom is -0.337 e. The molecule has 7 nitrogen and oxygen atoms in total. The van der Waals surface area contributed by atoms with Crippen LogP contribution in [0.3, 0.4) is 0 Å². The second-order valence-electron chi connectivity index (χ2n) is 8.08. The molecule has 1 aromatic carbocycles. The molecule has 28 heavy (non-hydrogen) atoms. The summed E-state index contributed by atoms with van der Waals surface area (Å²) in [4.78, 5) is 28.4. The maximum Gasteiger partial charge on any atom is 0.238 e. The third-order valence-electron chi connectivity index (χ3n) is 4.69. The van der Waals surface area contributed by atoms with Crippen molar-refractivity contribution >= 4 is 27.3 Å². The highest BCUT2D eigenvalue weighted by atomic mass is 32.2. The molecule has 1 fully saturated rings. The summed E-state index contributed by atoms with van der Waals surface area (Å²) in [6.07, 6.45) is 0.485. The number of carbonyl (C=O) groups excluding carboxylic acids is 2. The summed E-state index contributed by atoms with van der Waals surface area (Å²) < 4.78 is 23.6. The van der Waals surface area contributed by atoms with Gasteiger partial charge in [0.15, 0.2) is 9.84 Å². The zero-order valence-corrected chi connectivity index (χ0v) is 18.0.